The Kier molecular flexibility index (Phi) is 3.70. The van der Waals surface area contributed by atoms with Crippen LogP contribution in [0.25, 0.3) is 20.9 Å². The molecule has 0 radical (unpaired) electrons. The Morgan fingerprint density at radius 3 is 2.72 bits per heavy atom. The fraction of sp³-hybridized carbons (Fsp3) is 0.0556. The second kappa shape index (κ2) is 6.03. The lowest BCUT2D eigenvalue weighted by Crippen LogP contribution is -2.12. The fourth-order valence-corrected chi connectivity index (χ4v) is 3.76. The molecule has 0 spiro atoms. The summed E-state index contributed by atoms with van der Waals surface area (Å²) in [5.41, 5.74) is 3.99. The van der Waals surface area contributed by atoms with Crippen molar-refractivity contribution in [2.75, 3.05) is 5.32 Å². The van der Waals surface area contributed by atoms with Crippen molar-refractivity contribution >= 4 is 29.0 Å². The lowest BCUT2D eigenvalue weighted by molar-refractivity contribution is 0.0965. The van der Waals surface area contributed by atoms with E-state index in [1.54, 1.807) is 23.6 Å². The minimum absolute atomic E-state index is 0.0368. The summed E-state index contributed by atoms with van der Waals surface area (Å²) in [5.74, 6) is -0.0368. The maximum atomic E-state index is 11.8. The van der Waals surface area contributed by atoms with Crippen LogP contribution in [0.2, 0.25) is 0 Å². The molecule has 0 unspecified atom stereocenters. The molecule has 0 bridgehead atoms. The van der Waals surface area contributed by atoms with E-state index >= 15 is 0 Å². The van der Waals surface area contributed by atoms with Gasteiger partial charge in [0.1, 0.15) is 0 Å². The highest BCUT2D eigenvalue weighted by Crippen LogP contribution is 2.36. The first-order chi connectivity index (χ1) is 12.1. The van der Waals surface area contributed by atoms with Crippen LogP contribution in [-0.4, -0.2) is 22.1 Å². The number of benzene rings is 1. The van der Waals surface area contributed by atoms with E-state index < -0.39 is 6.09 Å². The molecule has 124 valence electrons. The van der Waals surface area contributed by atoms with Crippen molar-refractivity contribution in [3.05, 3.63) is 59.9 Å². The number of aromatic nitrogens is 1. The number of nitrogens with zero attached hydrogens (tertiary/aromatic N) is 1. The second-order valence-electron chi connectivity index (χ2n) is 5.61. The van der Waals surface area contributed by atoms with Crippen LogP contribution >= 0.6 is 11.3 Å². The number of hydrogen-bond donors (Lipinski definition) is 3. The van der Waals surface area contributed by atoms with E-state index in [2.05, 4.69) is 15.6 Å². The van der Waals surface area contributed by atoms with Gasteiger partial charge in [0.25, 0.3) is 5.91 Å². The smallest absolute Gasteiger partial charge is 0.409 e. The number of anilines is 1. The van der Waals surface area contributed by atoms with Crippen LogP contribution in [-0.2, 0) is 6.54 Å². The number of carbonyl (C=O) groups is 2. The van der Waals surface area contributed by atoms with Gasteiger partial charge in [-0.1, -0.05) is 12.1 Å². The van der Waals surface area contributed by atoms with Crippen molar-refractivity contribution < 1.29 is 14.7 Å². The number of rotatable bonds is 3. The van der Waals surface area contributed by atoms with Crippen LogP contribution in [0.1, 0.15) is 15.9 Å². The molecule has 0 aliphatic carbocycles. The van der Waals surface area contributed by atoms with Crippen LogP contribution < -0.4 is 10.6 Å². The lowest BCUT2D eigenvalue weighted by atomic mass is 10.1. The zero-order valence-corrected chi connectivity index (χ0v) is 13.8. The summed E-state index contributed by atoms with van der Waals surface area (Å²) < 4.78 is 0. The minimum atomic E-state index is -1.12. The molecule has 1 aliphatic rings. The van der Waals surface area contributed by atoms with Gasteiger partial charge >= 0.3 is 6.09 Å². The first kappa shape index (κ1) is 15.3. The molecule has 6 nitrogen and oxygen atoms in total. The van der Waals surface area contributed by atoms with Gasteiger partial charge in [0.15, 0.2) is 0 Å². The Morgan fingerprint density at radius 2 is 1.92 bits per heavy atom. The van der Waals surface area contributed by atoms with Crippen LogP contribution in [0.4, 0.5) is 10.5 Å². The van der Waals surface area contributed by atoms with E-state index in [1.807, 2.05) is 30.3 Å². The second-order valence-corrected chi connectivity index (χ2v) is 6.69. The topological polar surface area (TPSA) is 91.3 Å². The van der Waals surface area contributed by atoms with Crippen LogP contribution in [0.15, 0.2) is 48.8 Å². The number of fused-ring (bicyclic) bond motifs is 1. The third-order valence-corrected chi connectivity index (χ3v) is 5.14. The summed E-state index contributed by atoms with van der Waals surface area (Å²) in [6, 6.07) is 11.6. The lowest BCUT2D eigenvalue weighted by Gasteiger charge is -2.03. The summed E-state index contributed by atoms with van der Waals surface area (Å²) in [6.45, 7) is 0.583. The monoisotopic (exact) mass is 351 g/mol. The number of carboxylic acid groups (broad SMARTS) is 1. The zero-order valence-electron chi connectivity index (χ0n) is 12.9. The zero-order chi connectivity index (χ0) is 17.4. The van der Waals surface area contributed by atoms with E-state index in [4.69, 9.17) is 5.11 Å². The van der Waals surface area contributed by atoms with Crippen molar-refractivity contribution in [2.24, 2.45) is 0 Å². The highest BCUT2D eigenvalue weighted by Gasteiger charge is 2.19. The van der Waals surface area contributed by atoms with Gasteiger partial charge in [0, 0.05) is 33.6 Å². The number of nitrogens with one attached hydrogen (secondary N) is 2. The predicted molar refractivity (Wildman–Crippen MR) is 95.8 cm³/mol. The standard InChI is InChI=1S/C18H13N3O3S/c22-17-14-6-10(1-2-11(14)8-20-17)15-3-4-16(25-15)12-5-13(9-19-7-12)21-18(23)24/h1-7,9,21H,8H2,(H,20,22)(H,23,24). The molecule has 2 aromatic heterocycles. The maximum absolute atomic E-state index is 11.8. The van der Waals surface area contributed by atoms with Gasteiger partial charge in [0.2, 0.25) is 0 Å². The van der Waals surface area contributed by atoms with Crippen LogP contribution in [0, 0.1) is 0 Å². The molecule has 0 saturated heterocycles. The molecule has 1 aliphatic heterocycles. The van der Waals surface area contributed by atoms with E-state index in [9.17, 15) is 9.59 Å². The highest BCUT2D eigenvalue weighted by atomic mass is 32.1. The quantitative estimate of drug-likeness (QED) is 0.669. The number of amides is 2. The molecule has 25 heavy (non-hydrogen) atoms. The highest BCUT2D eigenvalue weighted by molar-refractivity contribution is 7.18. The van der Waals surface area contributed by atoms with Gasteiger partial charge in [-0.05, 0) is 35.4 Å². The van der Waals surface area contributed by atoms with Crippen molar-refractivity contribution in [2.45, 2.75) is 6.54 Å². The molecule has 7 heteroatoms. The Morgan fingerprint density at radius 1 is 1.12 bits per heavy atom. The predicted octanol–water partition coefficient (Wildman–Crippen LogP) is 3.81. The number of thiophene rings is 1. The van der Waals surface area contributed by atoms with Crippen molar-refractivity contribution in [3.63, 3.8) is 0 Å². The molecular formula is C18H13N3O3S. The number of hydrogen-bond acceptors (Lipinski definition) is 4. The molecule has 0 fully saturated rings. The van der Waals surface area contributed by atoms with Crippen molar-refractivity contribution in [3.8, 4) is 20.9 Å². The Bertz CT molecular complexity index is 997. The Hall–Kier alpha value is -3.19. The molecule has 0 atom stereocenters. The van der Waals surface area contributed by atoms with Crippen LogP contribution in [0.5, 0.6) is 0 Å². The molecule has 2 amide bonds. The Labute approximate surface area is 147 Å². The van der Waals surface area contributed by atoms with Gasteiger partial charge in [-0.3, -0.25) is 15.1 Å². The van der Waals surface area contributed by atoms with Gasteiger partial charge in [0.05, 0.1) is 11.9 Å². The molecule has 0 saturated carbocycles. The normalized spacial score (nSPS) is 12.6. The molecular weight excluding hydrogens is 338 g/mol. The molecule has 3 heterocycles. The average molecular weight is 351 g/mol. The summed E-state index contributed by atoms with van der Waals surface area (Å²) in [6.07, 6.45) is 2.03. The number of carbonyl (C=O) groups excluding carboxylic acids is 1. The van der Waals surface area contributed by atoms with Gasteiger partial charge < -0.3 is 10.4 Å². The molecule has 4 rings (SSSR count). The SMILES string of the molecule is O=C(O)Nc1cncc(-c2ccc(-c3ccc4c(c3)C(=O)NC4)s2)c1. The molecule has 3 aromatic rings. The van der Waals surface area contributed by atoms with Crippen molar-refractivity contribution in [1.82, 2.24) is 10.3 Å². The van der Waals surface area contributed by atoms with Crippen molar-refractivity contribution in [1.29, 1.82) is 0 Å². The summed E-state index contributed by atoms with van der Waals surface area (Å²) >= 11 is 1.57. The molecule has 1 aromatic carbocycles. The van der Waals surface area contributed by atoms with E-state index in [0.29, 0.717) is 12.2 Å². The summed E-state index contributed by atoms with van der Waals surface area (Å²) in [5, 5.41) is 13.9. The van der Waals surface area contributed by atoms with E-state index in [1.165, 1.54) is 6.20 Å². The molecule has 3 N–H and O–H groups in total. The van der Waals surface area contributed by atoms with Gasteiger partial charge in [-0.25, -0.2) is 4.79 Å². The first-order valence-electron chi connectivity index (χ1n) is 7.57. The minimum Gasteiger partial charge on any atom is -0.465 e. The first-order valence-corrected chi connectivity index (χ1v) is 8.38. The third kappa shape index (κ3) is 2.97. The van der Waals surface area contributed by atoms with Gasteiger partial charge in [-0.15, -0.1) is 11.3 Å². The van der Waals surface area contributed by atoms with Gasteiger partial charge in [-0.2, -0.15) is 0 Å². The maximum Gasteiger partial charge on any atom is 0.409 e. The summed E-state index contributed by atoms with van der Waals surface area (Å²) in [4.78, 5) is 28.7. The van der Waals surface area contributed by atoms with E-state index in [0.717, 1.165) is 32.0 Å². The number of pyridine rings is 1. The summed E-state index contributed by atoms with van der Waals surface area (Å²) in [7, 11) is 0. The Balaban J connectivity index is 1.66. The fourth-order valence-electron chi connectivity index (χ4n) is 2.78. The van der Waals surface area contributed by atoms with Crippen LogP contribution in [0.3, 0.4) is 0 Å². The third-order valence-electron chi connectivity index (χ3n) is 3.96. The average Bonchev–Trinajstić information content (AvgIpc) is 3.22. The van der Waals surface area contributed by atoms with E-state index in [-0.39, 0.29) is 5.91 Å². The largest absolute Gasteiger partial charge is 0.465 e.